The van der Waals surface area contributed by atoms with E-state index in [1.165, 1.54) is 0 Å². The summed E-state index contributed by atoms with van der Waals surface area (Å²) in [4.78, 5) is 12.0. The van der Waals surface area contributed by atoms with E-state index < -0.39 is 0 Å². The van der Waals surface area contributed by atoms with E-state index in [9.17, 15) is 4.79 Å². The zero-order valence-electron chi connectivity index (χ0n) is 9.21. The van der Waals surface area contributed by atoms with Crippen molar-refractivity contribution in [3.8, 4) is 0 Å². The van der Waals surface area contributed by atoms with Crippen LogP contribution in [0.25, 0.3) is 0 Å². The largest absolute Gasteiger partial charge is 0.399 e. The molecule has 0 unspecified atom stereocenters. The number of nitrogens with zero attached hydrogens (tertiary/aromatic N) is 1. The highest BCUT2D eigenvalue weighted by Gasteiger charge is 2.13. The number of amides is 1. The molecule has 2 aromatic rings. The number of rotatable bonds is 2. The van der Waals surface area contributed by atoms with Crippen LogP contribution < -0.4 is 16.6 Å². The Hall–Kier alpha value is -2.33. The van der Waals surface area contributed by atoms with Crippen LogP contribution in [0.4, 0.5) is 11.4 Å². The average molecular weight is 227 g/mol. The maximum atomic E-state index is 12.0. The Balaban J connectivity index is 2.27. The van der Waals surface area contributed by atoms with Gasteiger partial charge in [0.2, 0.25) is 0 Å². The molecule has 0 spiro atoms. The number of hydrazine groups is 1. The Bertz CT molecular complexity index is 525. The third kappa shape index (κ3) is 2.43. The van der Waals surface area contributed by atoms with Crippen molar-refractivity contribution in [3.63, 3.8) is 0 Å². The third-order valence-electron chi connectivity index (χ3n) is 2.39. The Kier molecular flexibility index (Phi) is 3.07. The van der Waals surface area contributed by atoms with Crippen molar-refractivity contribution in [2.24, 2.45) is 5.84 Å². The average Bonchev–Trinajstić information content (AvgIpc) is 2.38. The lowest BCUT2D eigenvalue weighted by Crippen LogP contribution is -2.37. The van der Waals surface area contributed by atoms with E-state index in [0.29, 0.717) is 16.9 Å². The summed E-state index contributed by atoms with van der Waals surface area (Å²) in [5, 5.41) is 1.09. The maximum absolute atomic E-state index is 12.0. The molecule has 0 fully saturated rings. The monoisotopic (exact) mass is 227 g/mol. The summed E-state index contributed by atoms with van der Waals surface area (Å²) in [6.45, 7) is 0. The summed E-state index contributed by atoms with van der Waals surface area (Å²) in [7, 11) is 0. The van der Waals surface area contributed by atoms with Crippen LogP contribution in [-0.4, -0.2) is 5.91 Å². The molecule has 17 heavy (non-hydrogen) atoms. The molecular weight excluding hydrogens is 214 g/mol. The molecule has 0 aliphatic heterocycles. The van der Waals surface area contributed by atoms with Crippen LogP contribution >= 0.6 is 0 Å². The van der Waals surface area contributed by atoms with Crippen LogP contribution in [0.2, 0.25) is 0 Å². The molecule has 0 atom stereocenters. The van der Waals surface area contributed by atoms with E-state index >= 15 is 0 Å². The highest BCUT2D eigenvalue weighted by molar-refractivity contribution is 6.05. The van der Waals surface area contributed by atoms with Crippen molar-refractivity contribution in [2.45, 2.75) is 0 Å². The van der Waals surface area contributed by atoms with Crippen molar-refractivity contribution in [1.29, 1.82) is 0 Å². The zero-order chi connectivity index (χ0) is 12.3. The van der Waals surface area contributed by atoms with E-state index in [4.69, 9.17) is 11.6 Å². The number of nitrogen functional groups attached to an aromatic ring is 1. The zero-order valence-corrected chi connectivity index (χ0v) is 9.21. The van der Waals surface area contributed by atoms with Crippen LogP contribution in [0.3, 0.4) is 0 Å². The van der Waals surface area contributed by atoms with Gasteiger partial charge in [-0.15, -0.1) is 0 Å². The fourth-order valence-corrected chi connectivity index (χ4v) is 1.51. The molecule has 0 saturated carbocycles. The summed E-state index contributed by atoms with van der Waals surface area (Å²) >= 11 is 0. The Labute approximate surface area is 99.4 Å². The van der Waals surface area contributed by atoms with Gasteiger partial charge in [-0.25, -0.2) is 10.9 Å². The number of carbonyl (C=O) groups excluding carboxylic acids is 1. The van der Waals surface area contributed by atoms with Gasteiger partial charge in [0.25, 0.3) is 5.91 Å². The second-order valence-electron chi connectivity index (χ2n) is 3.64. The second kappa shape index (κ2) is 4.67. The fraction of sp³-hybridized carbons (Fsp3) is 0. The molecule has 1 amide bonds. The maximum Gasteiger partial charge on any atom is 0.272 e. The molecule has 2 aromatic carbocycles. The van der Waals surface area contributed by atoms with Gasteiger partial charge in [0.05, 0.1) is 5.69 Å². The van der Waals surface area contributed by atoms with E-state index in [1.54, 1.807) is 48.5 Å². The molecular formula is C13H13N3O. The van der Waals surface area contributed by atoms with Gasteiger partial charge < -0.3 is 5.73 Å². The van der Waals surface area contributed by atoms with E-state index in [1.807, 2.05) is 6.07 Å². The lowest BCUT2D eigenvalue weighted by Gasteiger charge is -2.16. The van der Waals surface area contributed by atoms with Gasteiger partial charge in [-0.2, -0.15) is 0 Å². The molecule has 0 aliphatic carbocycles. The summed E-state index contributed by atoms with van der Waals surface area (Å²) in [5.41, 5.74) is 7.32. The SMILES string of the molecule is Nc1cccc(N(N)C(=O)c2ccccc2)c1. The quantitative estimate of drug-likeness (QED) is 0.355. The molecule has 2 rings (SSSR count). The van der Waals surface area contributed by atoms with Gasteiger partial charge in [0, 0.05) is 11.3 Å². The van der Waals surface area contributed by atoms with Gasteiger partial charge in [0.1, 0.15) is 0 Å². The predicted octanol–water partition coefficient (Wildman–Crippen LogP) is 1.79. The highest BCUT2D eigenvalue weighted by Crippen LogP contribution is 2.16. The van der Waals surface area contributed by atoms with Gasteiger partial charge in [0.15, 0.2) is 0 Å². The molecule has 0 radical (unpaired) electrons. The van der Waals surface area contributed by atoms with Crippen LogP contribution in [0, 0.1) is 0 Å². The van der Waals surface area contributed by atoms with Crippen molar-refractivity contribution in [2.75, 3.05) is 10.7 Å². The fourth-order valence-electron chi connectivity index (χ4n) is 1.51. The Morgan fingerprint density at radius 2 is 1.71 bits per heavy atom. The summed E-state index contributed by atoms with van der Waals surface area (Å²) in [5.74, 6) is 5.50. The molecule has 0 bridgehead atoms. The summed E-state index contributed by atoms with van der Waals surface area (Å²) in [6.07, 6.45) is 0. The number of hydrogen-bond donors (Lipinski definition) is 2. The smallest absolute Gasteiger partial charge is 0.272 e. The molecule has 4 heteroatoms. The van der Waals surface area contributed by atoms with Crippen molar-refractivity contribution >= 4 is 17.3 Å². The van der Waals surface area contributed by atoms with Gasteiger partial charge in [-0.05, 0) is 30.3 Å². The number of hydrogen-bond acceptors (Lipinski definition) is 3. The normalized spacial score (nSPS) is 9.94. The van der Waals surface area contributed by atoms with Gasteiger partial charge >= 0.3 is 0 Å². The molecule has 4 N–H and O–H groups in total. The number of benzene rings is 2. The highest BCUT2D eigenvalue weighted by atomic mass is 16.2. The minimum Gasteiger partial charge on any atom is -0.399 e. The minimum atomic E-state index is -0.267. The first-order valence-electron chi connectivity index (χ1n) is 5.18. The molecule has 0 saturated heterocycles. The molecule has 0 aromatic heterocycles. The topological polar surface area (TPSA) is 72.3 Å². The van der Waals surface area contributed by atoms with Gasteiger partial charge in [-0.1, -0.05) is 24.3 Å². The Morgan fingerprint density at radius 3 is 2.35 bits per heavy atom. The first-order valence-corrected chi connectivity index (χ1v) is 5.18. The third-order valence-corrected chi connectivity index (χ3v) is 2.39. The number of carbonyl (C=O) groups is 1. The molecule has 86 valence electrons. The van der Waals surface area contributed by atoms with E-state index in [2.05, 4.69) is 0 Å². The van der Waals surface area contributed by atoms with Gasteiger partial charge in [-0.3, -0.25) is 4.79 Å². The van der Waals surface area contributed by atoms with Crippen LogP contribution in [0.5, 0.6) is 0 Å². The number of anilines is 2. The molecule has 0 aliphatic rings. The standard InChI is InChI=1S/C13H13N3O/c14-11-7-4-8-12(9-11)16(15)13(17)10-5-2-1-3-6-10/h1-9H,14-15H2. The summed E-state index contributed by atoms with van der Waals surface area (Å²) in [6, 6.07) is 15.7. The van der Waals surface area contributed by atoms with Crippen molar-refractivity contribution in [1.82, 2.24) is 0 Å². The lowest BCUT2D eigenvalue weighted by molar-refractivity contribution is 0.0987. The van der Waals surface area contributed by atoms with Crippen LogP contribution in [0.15, 0.2) is 54.6 Å². The summed E-state index contributed by atoms with van der Waals surface area (Å²) < 4.78 is 0. The lowest BCUT2D eigenvalue weighted by atomic mass is 10.2. The molecule has 0 heterocycles. The minimum absolute atomic E-state index is 0.267. The molecule has 4 nitrogen and oxygen atoms in total. The van der Waals surface area contributed by atoms with E-state index in [0.717, 1.165) is 5.01 Å². The van der Waals surface area contributed by atoms with Crippen LogP contribution in [-0.2, 0) is 0 Å². The first-order chi connectivity index (χ1) is 8.18. The number of nitrogens with two attached hydrogens (primary N) is 2. The predicted molar refractivity (Wildman–Crippen MR) is 68.3 cm³/mol. The van der Waals surface area contributed by atoms with E-state index in [-0.39, 0.29) is 5.91 Å². The first kappa shape index (κ1) is 11.2. The Morgan fingerprint density at radius 1 is 1.00 bits per heavy atom. The van der Waals surface area contributed by atoms with Crippen molar-refractivity contribution in [3.05, 3.63) is 60.2 Å². The van der Waals surface area contributed by atoms with Crippen molar-refractivity contribution < 1.29 is 4.79 Å². The van der Waals surface area contributed by atoms with Crippen LogP contribution in [0.1, 0.15) is 10.4 Å². The second-order valence-corrected chi connectivity index (χ2v) is 3.64.